The van der Waals surface area contributed by atoms with Gasteiger partial charge in [-0.15, -0.1) is 5.10 Å². The predicted octanol–water partition coefficient (Wildman–Crippen LogP) is 3.66. The molecule has 1 amide bonds. The fourth-order valence-corrected chi connectivity index (χ4v) is 5.19. The number of aromatic nitrogens is 3. The molecule has 1 heterocycles. The van der Waals surface area contributed by atoms with Crippen LogP contribution in [0.1, 0.15) is 11.4 Å². The van der Waals surface area contributed by atoms with Gasteiger partial charge < -0.3 is 5.32 Å². The van der Waals surface area contributed by atoms with Crippen LogP contribution in [0.15, 0.2) is 52.5 Å². The summed E-state index contributed by atoms with van der Waals surface area (Å²) in [5.74, 6) is -0.0629. The second-order valence-corrected chi connectivity index (χ2v) is 10.7. The smallest absolute Gasteiger partial charge is 0.243 e. The van der Waals surface area contributed by atoms with E-state index < -0.39 is 34.8 Å². The number of aryl methyl sites for hydroxylation is 1. The molecule has 0 atom stereocenters. The van der Waals surface area contributed by atoms with E-state index in [1.165, 1.54) is 54.2 Å². The number of carbonyl (C=O) groups excluding carboxylic acids is 1. The van der Waals surface area contributed by atoms with Crippen LogP contribution < -0.4 is 5.32 Å². The highest BCUT2D eigenvalue weighted by atomic mass is 35.5. The van der Waals surface area contributed by atoms with Gasteiger partial charge in [-0.3, -0.25) is 9.89 Å². The number of H-pyrrole nitrogens is 1. The summed E-state index contributed by atoms with van der Waals surface area (Å²) in [6, 6.07) is 9.53. The number of sulfonamides is 1. The normalized spacial score (nSPS) is 11.7. The largest absolute Gasteiger partial charge is 0.354 e. The predicted molar refractivity (Wildman–Crippen MR) is 125 cm³/mol. The maximum atomic E-state index is 14.4. The Bertz CT molecular complexity index is 1200. The summed E-state index contributed by atoms with van der Waals surface area (Å²) in [4.78, 5) is 16.6. The summed E-state index contributed by atoms with van der Waals surface area (Å²) in [6.45, 7) is 1.08. The third kappa shape index (κ3) is 6.90. The molecule has 2 aromatic carbocycles. The van der Waals surface area contributed by atoms with Gasteiger partial charge >= 0.3 is 0 Å². The van der Waals surface area contributed by atoms with Gasteiger partial charge in [0.15, 0.2) is 0 Å². The summed E-state index contributed by atoms with van der Waals surface area (Å²) < 4.78 is 41.7. The van der Waals surface area contributed by atoms with Crippen molar-refractivity contribution in [1.29, 1.82) is 0 Å². The van der Waals surface area contributed by atoms with Crippen LogP contribution in [0.4, 0.5) is 4.39 Å². The number of hydrogen-bond donors (Lipinski definition) is 2. The number of benzene rings is 2. The van der Waals surface area contributed by atoms with Gasteiger partial charge in [0.2, 0.25) is 21.1 Å². The van der Waals surface area contributed by atoms with E-state index in [-0.39, 0.29) is 22.0 Å². The number of carbonyl (C=O) groups is 1. The van der Waals surface area contributed by atoms with Crippen LogP contribution in [0.2, 0.25) is 10.0 Å². The molecule has 0 bridgehead atoms. The zero-order chi connectivity index (χ0) is 24.0. The average molecular weight is 532 g/mol. The topological polar surface area (TPSA) is 108 Å². The fourth-order valence-electron chi connectivity index (χ4n) is 2.78. The molecule has 2 N–H and O–H groups in total. The van der Waals surface area contributed by atoms with Crippen LogP contribution in [0.3, 0.4) is 0 Å². The molecular formula is C20H20Cl2FN5O3S2. The Hall–Kier alpha value is -2.18. The van der Waals surface area contributed by atoms with E-state index in [1.54, 1.807) is 6.92 Å². The van der Waals surface area contributed by atoms with Crippen LogP contribution in [-0.2, 0) is 21.4 Å². The van der Waals surface area contributed by atoms with Crippen LogP contribution >= 0.6 is 35.0 Å². The van der Waals surface area contributed by atoms with E-state index >= 15 is 0 Å². The lowest BCUT2D eigenvalue weighted by molar-refractivity contribution is -0.121. The van der Waals surface area contributed by atoms with E-state index in [0.29, 0.717) is 21.8 Å². The number of nitrogens with one attached hydrogen (secondary N) is 2. The Labute approximate surface area is 204 Å². The number of amides is 1. The molecule has 176 valence electrons. The van der Waals surface area contributed by atoms with Crippen molar-refractivity contribution in [2.45, 2.75) is 23.5 Å². The average Bonchev–Trinajstić information content (AvgIpc) is 3.18. The number of aromatic amines is 1. The molecule has 3 aromatic rings. The standard InChI is InChI=1S/C20H20Cl2FN5O3S2/c1-13-25-20(27-26-13)32-10-9-24-19(29)12-28(11-16-17(22)3-2-4-18(16)23)33(30,31)15-7-5-14(21)6-8-15/h2-8H,9-12H2,1H3,(H,24,29)(H,25,26,27). The number of thioether (sulfide) groups is 1. The fraction of sp³-hybridized carbons (Fsp3) is 0.250. The van der Waals surface area contributed by atoms with Crippen LogP contribution in [0, 0.1) is 12.7 Å². The highest BCUT2D eigenvalue weighted by Crippen LogP contribution is 2.25. The van der Waals surface area contributed by atoms with Gasteiger partial charge in [-0.05, 0) is 43.3 Å². The number of halogens is 3. The number of hydrogen-bond acceptors (Lipinski definition) is 6. The first-order valence-corrected chi connectivity index (χ1v) is 12.8. The van der Waals surface area contributed by atoms with E-state index in [9.17, 15) is 17.6 Å². The van der Waals surface area contributed by atoms with Gasteiger partial charge in [0.05, 0.1) is 11.4 Å². The van der Waals surface area contributed by atoms with Crippen LogP contribution in [-0.4, -0.2) is 52.7 Å². The van der Waals surface area contributed by atoms with Crippen molar-refractivity contribution in [3.05, 3.63) is 69.7 Å². The minimum atomic E-state index is -4.16. The third-order valence-corrected chi connectivity index (χ3v) is 7.66. The summed E-state index contributed by atoms with van der Waals surface area (Å²) in [6.07, 6.45) is 0. The van der Waals surface area contributed by atoms with E-state index in [1.807, 2.05) is 0 Å². The zero-order valence-corrected chi connectivity index (χ0v) is 20.5. The van der Waals surface area contributed by atoms with Gasteiger partial charge in [0, 0.05) is 34.5 Å². The van der Waals surface area contributed by atoms with Gasteiger partial charge in [-0.25, -0.2) is 17.8 Å². The summed E-state index contributed by atoms with van der Waals surface area (Å²) in [7, 11) is -4.16. The maximum Gasteiger partial charge on any atom is 0.243 e. The first-order valence-electron chi connectivity index (χ1n) is 9.64. The lowest BCUT2D eigenvalue weighted by atomic mass is 10.2. The van der Waals surface area contributed by atoms with Gasteiger partial charge in [0.1, 0.15) is 11.6 Å². The quantitative estimate of drug-likeness (QED) is 0.305. The van der Waals surface area contributed by atoms with Gasteiger partial charge in [-0.2, -0.15) is 4.31 Å². The Kier molecular flexibility index (Phi) is 8.71. The second kappa shape index (κ2) is 11.3. The summed E-state index contributed by atoms with van der Waals surface area (Å²) in [5, 5.41) is 10.3. The molecule has 0 aliphatic heterocycles. The van der Waals surface area contributed by atoms with Crippen LogP contribution in [0.25, 0.3) is 0 Å². The minimum Gasteiger partial charge on any atom is -0.354 e. The second-order valence-electron chi connectivity index (χ2n) is 6.83. The maximum absolute atomic E-state index is 14.4. The first kappa shape index (κ1) is 25.4. The molecule has 1 aromatic heterocycles. The first-order chi connectivity index (χ1) is 15.7. The molecule has 0 aliphatic carbocycles. The lowest BCUT2D eigenvalue weighted by Crippen LogP contribution is -2.41. The van der Waals surface area contributed by atoms with Crippen molar-refractivity contribution in [2.75, 3.05) is 18.8 Å². The Morgan fingerprint density at radius 1 is 1.21 bits per heavy atom. The van der Waals surface area contributed by atoms with Crippen LogP contribution in [0.5, 0.6) is 0 Å². The highest BCUT2D eigenvalue weighted by Gasteiger charge is 2.28. The molecule has 13 heteroatoms. The van der Waals surface area contributed by atoms with Crippen molar-refractivity contribution in [2.24, 2.45) is 0 Å². The van der Waals surface area contributed by atoms with Crippen molar-refractivity contribution in [1.82, 2.24) is 24.8 Å². The van der Waals surface area contributed by atoms with Gasteiger partial charge in [0.25, 0.3) is 0 Å². The van der Waals surface area contributed by atoms with E-state index in [0.717, 1.165) is 4.31 Å². The highest BCUT2D eigenvalue weighted by molar-refractivity contribution is 7.99. The Morgan fingerprint density at radius 2 is 1.94 bits per heavy atom. The Morgan fingerprint density at radius 3 is 2.58 bits per heavy atom. The molecule has 0 fully saturated rings. The molecule has 0 aliphatic rings. The van der Waals surface area contributed by atoms with Crippen molar-refractivity contribution in [3.63, 3.8) is 0 Å². The van der Waals surface area contributed by atoms with Crippen molar-refractivity contribution >= 4 is 50.9 Å². The minimum absolute atomic E-state index is 0.0277. The molecule has 0 saturated heterocycles. The molecule has 8 nitrogen and oxygen atoms in total. The monoisotopic (exact) mass is 531 g/mol. The van der Waals surface area contributed by atoms with Crippen molar-refractivity contribution < 1.29 is 17.6 Å². The molecule has 33 heavy (non-hydrogen) atoms. The lowest BCUT2D eigenvalue weighted by Gasteiger charge is -2.22. The van der Waals surface area contributed by atoms with E-state index in [4.69, 9.17) is 23.2 Å². The summed E-state index contributed by atoms with van der Waals surface area (Å²) in [5.41, 5.74) is -0.0277. The molecule has 0 spiro atoms. The Balaban J connectivity index is 1.73. The number of rotatable bonds is 10. The molecule has 0 radical (unpaired) electrons. The molecule has 3 rings (SSSR count). The van der Waals surface area contributed by atoms with E-state index in [2.05, 4.69) is 20.5 Å². The zero-order valence-electron chi connectivity index (χ0n) is 17.4. The number of nitrogens with zero attached hydrogens (tertiary/aromatic N) is 3. The third-order valence-electron chi connectivity index (χ3n) is 4.40. The van der Waals surface area contributed by atoms with Crippen molar-refractivity contribution in [3.8, 4) is 0 Å². The SMILES string of the molecule is Cc1nc(SCCNC(=O)CN(Cc2c(F)cccc2Cl)S(=O)(=O)c2ccc(Cl)cc2)n[nH]1. The molecular weight excluding hydrogens is 512 g/mol. The summed E-state index contributed by atoms with van der Waals surface area (Å²) >= 11 is 13.3. The van der Waals surface area contributed by atoms with Gasteiger partial charge in [-0.1, -0.05) is 41.0 Å². The molecule has 0 unspecified atom stereocenters. The molecule has 0 saturated carbocycles.